The van der Waals surface area contributed by atoms with E-state index in [9.17, 15) is 17.6 Å². The summed E-state index contributed by atoms with van der Waals surface area (Å²) in [6, 6.07) is 12.8. The van der Waals surface area contributed by atoms with Gasteiger partial charge in [-0.15, -0.1) is 0 Å². The van der Waals surface area contributed by atoms with Crippen molar-refractivity contribution >= 4 is 15.7 Å². The topological polar surface area (TPSA) is 89.7 Å². The fourth-order valence-electron chi connectivity index (χ4n) is 3.72. The van der Waals surface area contributed by atoms with Gasteiger partial charge in [0.2, 0.25) is 0 Å². The van der Waals surface area contributed by atoms with Crippen molar-refractivity contribution in [3.8, 4) is 17.1 Å². The number of methoxy groups -OCH3 is 1. The van der Waals surface area contributed by atoms with Gasteiger partial charge in [0.1, 0.15) is 11.6 Å². The zero-order valence-corrected chi connectivity index (χ0v) is 18.6. The van der Waals surface area contributed by atoms with E-state index in [1.807, 2.05) is 12.1 Å². The Hall–Kier alpha value is -3.20. The quantitative estimate of drug-likeness (QED) is 0.560. The Morgan fingerprint density at radius 3 is 2.59 bits per heavy atom. The maximum Gasteiger partial charge on any atom is 0.276 e. The highest BCUT2D eigenvalue weighted by atomic mass is 32.2. The van der Waals surface area contributed by atoms with E-state index in [-0.39, 0.29) is 35.3 Å². The average molecular weight is 459 g/mol. The summed E-state index contributed by atoms with van der Waals surface area (Å²) in [4.78, 5) is 14.9. The molecule has 0 N–H and O–H groups in total. The molecular weight excluding hydrogens is 435 g/mol. The first-order valence-corrected chi connectivity index (χ1v) is 12.0. The van der Waals surface area contributed by atoms with Crippen molar-refractivity contribution in [2.24, 2.45) is 0 Å². The molecule has 0 spiro atoms. The van der Waals surface area contributed by atoms with Crippen LogP contribution in [0.25, 0.3) is 11.3 Å². The van der Waals surface area contributed by atoms with Crippen LogP contribution in [0.15, 0.2) is 53.1 Å². The molecule has 4 rings (SSSR count). The van der Waals surface area contributed by atoms with Crippen LogP contribution in [0.1, 0.15) is 28.0 Å². The number of ether oxygens (including phenoxy) is 1. The number of amides is 1. The second-order valence-electron chi connectivity index (χ2n) is 7.88. The lowest BCUT2D eigenvalue weighted by Crippen LogP contribution is -2.40. The Bertz CT molecular complexity index is 1240. The molecule has 0 saturated carbocycles. The van der Waals surface area contributed by atoms with Gasteiger partial charge in [0.25, 0.3) is 5.91 Å². The lowest BCUT2D eigenvalue weighted by Gasteiger charge is -2.27. The molecule has 1 saturated heterocycles. The normalized spacial score (nSPS) is 17.3. The van der Waals surface area contributed by atoms with Crippen molar-refractivity contribution in [2.75, 3.05) is 18.6 Å². The van der Waals surface area contributed by atoms with Crippen molar-refractivity contribution < 1.29 is 26.9 Å². The Balaban J connectivity index is 1.62. The van der Waals surface area contributed by atoms with Gasteiger partial charge in [0.05, 0.1) is 18.6 Å². The van der Waals surface area contributed by atoms with Crippen molar-refractivity contribution in [1.29, 1.82) is 0 Å². The third-order valence-electron chi connectivity index (χ3n) is 5.61. The van der Waals surface area contributed by atoms with Gasteiger partial charge in [0, 0.05) is 24.2 Å². The van der Waals surface area contributed by atoms with E-state index in [0.717, 1.165) is 5.56 Å². The van der Waals surface area contributed by atoms with E-state index in [2.05, 4.69) is 5.16 Å². The average Bonchev–Trinajstić information content (AvgIpc) is 3.40. The number of sulfone groups is 1. The molecule has 1 aromatic heterocycles. The number of aryl methyl sites for hydroxylation is 1. The Morgan fingerprint density at radius 2 is 1.97 bits per heavy atom. The molecule has 2 aromatic carbocycles. The minimum absolute atomic E-state index is 0.0385. The number of hydrogen-bond donors (Lipinski definition) is 0. The number of carbonyl (C=O) groups is 1. The van der Waals surface area contributed by atoms with Crippen LogP contribution in [-0.4, -0.2) is 49.0 Å². The van der Waals surface area contributed by atoms with E-state index < -0.39 is 21.8 Å². The van der Waals surface area contributed by atoms with Gasteiger partial charge in [-0.3, -0.25) is 4.79 Å². The van der Waals surface area contributed by atoms with Crippen molar-refractivity contribution in [3.63, 3.8) is 0 Å². The van der Waals surface area contributed by atoms with E-state index in [1.165, 1.54) is 17.0 Å². The monoisotopic (exact) mass is 458 g/mol. The standard InChI is InChI=1S/C23H23FN2O5S/c1-15-3-6-17(11-20(15)24)22-12-21(25-31-22)23(27)26(18-9-10-32(28,29)14-18)13-16-4-7-19(30-2)8-5-16/h3-8,11-12,18H,9-10,13-14H2,1-2H3. The van der Waals surface area contributed by atoms with E-state index in [4.69, 9.17) is 9.26 Å². The molecule has 168 valence electrons. The molecular formula is C23H23FN2O5S. The highest BCUT2D eigenvalue weighted by molar-refractivity contribution is 7.91. The SMILES string of the molecule is COc1ccc(CN(C(=O)c2cc(-c3ccc(C)c(F)c3)on2)C2CCS(=O)(=O)C2)cc1. The van der Waals surface area contributed by atoms with Crippen LogP contribution in [-0.2, 0) is 16.4 Å². The minimum atomic E-state index is -3.21. The molecule has 7 nitrogen and oxygen atoms in total. The molecule has 1 amide bonds. The van der Waals surface area contributed by atoms with Gasteiger partial charge in [-0.05, 0) is 42.7 Å². The predicted molar refractivity (Wildman–Crippen MR) is 117 cm³/mol. The maximum absolute atomic E-state index is 13.9. The number of halogens is 1. The number of rotatable bonds is 6. The van der Waals surface area contributed by atoms with Gasteiger partial charge in [-0.25, -0.2) is 12.8 Å². The Morgan fingerprint density at radius 1 is 1.22 bits per heavy atom. The second-order valence-corrected chi connectivity index (χ2v) is 10.1. The van der Waals surface area contributed by atoms with Crippen molar-refractivity contribution in [2.45, 2.75) is 25.9 Å². The molecule has 9 heteroatoms. The summed E-state index contributed by atoms with van der Waals surface area (Å²) in [6.07, 6.45) is 0.359. The first kappa shape index (κ1) is 22.0. The summed E-state index contributed by atoms with van der Waals surface area (Å²) in [5, 5.41) is 3.88. The third kappa shape index (κ3) is 4.67. The van der Waals surface area contributed by atoms with Crippen LogP contribution in [0.2, 0.25) is 0 Å². The van der Waals surface area contributed by atoms with Gasteiger partial charge in [-0.2, -0.15) is 0 Å². The van der Waals surface area contributed by atoms with E-state index >= 15 is 0 Å². The molecule has 1 aliphatic rings. The van der Waals surface area contributed by atoms with Crippen LogP contribution < -0.4 is 4.74 Å². The predicted octanol–water partition coefficient (Wildman–Crippen LogP) is 3.63. The van der Waals surface area contributed by atoms with Crippen molar-refractivity contribution in [3.05, 3.63) is 71.2 Å². The van der Waals surface area contributed by atoms with Crippen LogP contribution in [0, 0.1) is 12.7 Å². The molecule has 1 atom stereocenters. The lowest BCUT2D eigenvalue weighted by atomic mass is 10.1. The zero-order valence-electron chi connectivity index (χ0n) is 17.7. The number of nitrogens with zero attached hydrogens (tertiary/aromatic N) is 2. The molecule has 1 fully saturated rings. The fraction of sp³-hybridized carbons (Fsp3) is 0.304. The zero-order chi connectivity index (χ0) is 22.9. The molecule has 3 aromatic rings. The van der Waals surface area contributed by atoms with Gasteiger partial charge < -0.3 is 14.2 Å². The minimum Gasteiger partial charge on any atom is -0.497 e. The number of hydrogen-bond acceptors (Lipinski definition) is 6. The second kappa shape index (κ2) is 8.74. The fourth-order valence-corrected chi connectivity index (χ4v) is 5.45. The van der Waals surface area contributed by atoms with Crippen molar-refractivity contribution in [1.82, 2.24) is 10.1 Å². The molecule has 0 radical (unpaired) electrons. The lowest BCUT2D eigenvalue weighted by molar-refractivity contribution is 0.0670. The summed E-state index contributed by atoms with van der Waals surface area (Å²) in [7, 11) is -1.64. The van der Waals surface area contributed by atoms with Crippen LogP contribution in [0.3, 0.4) is 0 Å². The highest BCUT2D eigenvalue weighted by Crippen LogP contribution is 2.26. The van der Waals surface area contributed by atoms with Gasteiger partial charge in [0.15, 0.2) is 21.3 Å². The molecule has 2 heterocycles. The smallest absolute Gasteiger partial charge is 0.276 e. The Labute approximate surface area is 185 Å². The summed E-state index contributed by atoms with van der Waals surface area (Å²) in [5.74, 6) is 0.0614. The first-order chi connectivity index (χ1) is 15.3. The van der Waals surface area contributed by atoms with E-state index in [1.54, 1.807) is 38.3 Å². The summed E-state index contributed by atoms with van der Waals surface area (Å²) in [6.45, 7) is 1.87. The summed E-state index contributed by atoms with van der Waals surface area (Å²) < 4.78 is 48.5. The highest BCUT2D eigenvalue weighted by Gasteiger charge is 2.36. The number of aromatic nitrogens is 1. The first-order valence-electron chi connectivity index (χ1n) is 10.1. The number of benzene rings is 2. The van der Waals surface area contributed by atoms with Gasteiger partial charge in [-0.1, -0.05) is 29.4 Å². The maximum atomic E-state index is 13.9. The van der Waals surface area contributed by atoms with Crippen LogP contribution in [0.4, 0.5) is 4.39 Å². The molecule has 1 unspecified atom stereocenters. The summed E-state index contributed by atoms with van der Waals surface area (Å²) >= 11 is 0. The molecule has 0 bridgehead atoms. The summed E-state index contributed by atoms with van der Waals surface area (Å²) in [5.41, 5.74) is 1.83. The van der Waals surface area contributed by atoms with Crippen LogP contribution in [0.5, 0.6) is 5.75 Å². The molecule has 0 aliphatic carbocycles. The third-order valence-corrected chi connectivity index (χ3v) is 7.36. The largest absolute Gasteiger partial charge is 0.497 e. The number of carbonyl (C=O) groups excluding carboxylic acids is 1. The molecule has 1 aliphatic heterocycles. The Kier molecular flexibility index (Phi) is 6.01. The van der Waals surface area contributed by atoms with Gasteiger partial charge >= 0.3 is 0 Å². The van der Waals surface area contributed by atoms with E-state index in [0.29, 0.717) is 23.3 Å². The molecule has 32 heavy (non-hydrogen) atoms. The van der Waals surface area contributed by atoms with Crippen LogP contribution >= 0.6 is 0 Å².